The molecule has 1 aliphatic carbocycles. The quantitative estimate of drug-likeness (QED) is 0.434. The fraction of sp³-hybridized carbons (Fsp3) is 0.520. The van der Waals surface area contributed by atoms with E-state index in [1.165, 1.54) is 25.1 Å². The highest BCUT2D eigenvalue weighted by atomic mass is 32.2. The zero-order valence-electron chi connectivity index (χ0n) is 21.1. The number of nitrogens with one attached hydrogen (secondary N) is 2. The molecule has 1 fully saturated rings. The molecule has 0 spiro atoms. The van der Waals surface area contributed by atoms with E-state index in [-0.39, 0.29) is 35.2 Å². The van der Waals surface area contributed by atoms with E-state index in [9.17, 15) is 30.8 Å². The van der Waals surface area contributed by atoms with E-state index in [1.54, 1.807) is 0 Å². The van der Waals surface area contributed by atoms with Crippen molar-refractivity contribution in [2.75, 3.05) is 11.0 Å². The van der Waals surface area contributed by atoms with Crippen LogP contribution >= 0.6 is 0 Å². The smallest absolute Gasteiger partial charge is 0.433 e. The highest BCUT2D eigenvalue weighted by molar-refractivity contribution is 7.92. The van der Waals surface area contributed by atoms with E-state index in [1.807, 2.05) is 4.72 Å². The predicted molar refractivity (Wildman–Crippen MR) is 131 cm³/mol. The molecule has 0 aliphatic heterocycles. The average Bonchev–Trinajstić information content (AvgIpc) is 2.78. The number of carbonyl (C=O) groups excluding carboxylic acids is 1. The van der Waals surface area contributed by atoms with E-state index in [0.29, 0.717) is 18.4 Å². The number of benzene rings is 1. The fourth-order valence-electron chi connectivity index (χ4n) is 4.08. The van der Waals surface area contributed by atoms with Crippen molar-refractivity contribution in [3.05, 3.63) is 53.0 Å². The summed E-state index contributed by atoms with van der Waals surface area (Å²) >= 11 is 0. The van der Waals surface area contributed by atoms with E-state index < -0.39 is 39.5 Å². The number of hydrogen-bond donors (Lipinski definition) is 2. The molecule has 204 valence electrons. The van der Waals surface area contributed by atoms with Crippen molar-refractivity contribution in [3.63, 3.8) is 0 Å². The Morgan fingerprint density at radius 3 is 2.41 bits per heavy atom. The van der Waals surface area contributed by atoms with Gasteiger partial charge in [-0.3, -0.25) is 9.52 Å². The summed E-state index contributed by atoms with van der Waals surface area (Å²) in [7, 11) is -3.68. The van der Waals surface area contributed by atoms with Crippen LogP contribution < -0.4 is 14.8 Å². The number of carbonyl (C=O) groups is 1. The molecule has 2 N–H and O–H groups in total. The number of anilines is 1. The van der Waals surface area contributed by atoms with Crippen LogP contribution in [-0.4, -0.2) is 31.7 Å². The molecule has 0 saturated heterocycles. The zero-order valence-corrected chi connectivity index (χ0v) is 21.9. The number of amides is 1. The maximum absolute atomic E-state index is 14.3. The second-order valence-electron chi connectivity index (χ2n) is 10.2. The van der Waals surface area contributed by atoms with Gasteiger partial charge in [0.15, 0.2) is 0 Å². The first-order valence-corrected chi connectivity index (χ1v) is 13.7. The van der Waals surface area contributed by atoms with Crippen LogP contribution in [0.4, 0.5) is 23.2 Å². The van der Waals surface area contributed by atoms with Gasteiger partial charge in [-0.25, -0.2) is 17.8 Å². The van der Waals surface area contributed by atoms with Gasteiger partial charge in [-0.2, -0.15) is 13.2 Å². The number of alkyl halides is 3. The van der Waals surface area contributed by atoms with E-state index in [2.05, 4.69) is 24.1 Å². The largest absolute Gasteiger partial charge is 0.474 e. The van der Waals surface area contributed by atoms with Gasteiger partial charge in [0.25, 0.3) is 0 Å². The predicted octanol–water partition coefficient (Wildman–Crippen LogP) is 5.38. The lowest BCUT2D eigenvalue weighted by atomic mass is 9.76. The van der Waals surface area contributed by atoms with Crippen LogP contribution in [0.2, 0.25) is 0 Å². The van der Waals surface area contributed by atoms with Gasteiger partial charge in [-0.15, -0.1) is 0 Å². The highest BCUT2D eigenvalue weighted by Crippen LogP contribution is 2.37. The van der Waals surface area contributed by atoms with Crippen molar-refractivity contribution in [3.8, 4) is 5.88 Å². The van der Waals surface area contributed by atoms with Crippen molar-refractivity contribution in [2.45, 2.75) is 71.2 Å². The third-order valence-electron chi connectivity index (χ3n) is 6.43. The van der Waals surface area contributed by atoms with Crippen molar-refractivity contribution in [1.82, 2.24) is 10.3 Å². The van der Waals surface area contributed by atoms with Crippen LogP contribution in [0.25, 0.3) is 0 Å². The molecule has 3 rings (SSSR count). The highest BCUT2D eigenvalue weighted by Gasteiger charge is 2.34. The number of aromatic nitrogens is 1. The van der Waals surface area contributed by atoms with Crippen molar-refractivity contribution >= 4 is 21.6 Å². The Morgan fingerprint density at radius 2 is 1.84 bits per heavy atom. The van der Waals surface area contributed by atoms with Crippen molar-refractivity contribution in [2.24, 2.45) is 5.41 Å². The summed E-state index contributed by atoms with van der Waals surface area (Å²) in [6.07, 6.45) is -0.929. The summed E-state index contributed by atoms with van der Waals surface area (Å²) in [6, 6.07) is 5.75. The van der Waals surface area contributed by atoms with E-state index in [0.717, 1.165) is 31.2 Å². The van der Waals surface area contributed by atoms with Crippen LogP contribution in [0.5, 0.6) is 5.88 Å². The van der Waals surface area contributed by atoms with Crippen LogP contribution in [0.3, 0.4) is 0 Å². The first-order chi connectivity index (χ1) is 17.0. The molecule has 0 radical (unpaired) electrons. The summed E-state index contributed by atoms with van der Waals surface area (Å²) < 4.78 is 84.8. The number of pyridine rings is 1. The molecule has 1 unspecified atom stereocenters. The van der Waals surface area contributed by atoms with E-state index in [4.69, 9.17) is 4.74 Å². The Kier molecular flexibility index (Phi) is 8.40. The zero-order chi connectivity index (χ0) is 27.6. The standard InChI is InChI=1S/C25H31F4N3O4S/c1-15(16-5-7-20(19(26)13-16)32-37(4,34)35)22(33)30-14-17-6-8-21(25(27,28)29)31-23(17)36-18-9-11-24(2,3)12-10-18/h5-8,13,15,18,32H,9-12,14H2,1-4H3,(H,30,33). The Hall–Kier alpha value is -2.89. The molecule has 1 amide bonds. The maximum atomic E-state index is 14.3. The molecule has 1 aromatic heterocycles. The van der Waals surface area contributed by atoms with Crippen molar-refractivity contribution in [1.29, 1.82) is 0 Å². The number of nitrogens with zero attached hydrogens (tertiary/aromatic N) is 1. The summed E-state index contributed by atoms with van der Waals surface area (Å²) in [5, 5.41) is 2.64. The average molecular weight is 546 g/mol. The molecule has 0 bridgehead atoms. The molecule has 1 heterocycles. The Labute approximate surface area is 214 Å². The van der Waals surface area contributed by atoms with Crippen LogP contribution in [0, 0.1) is 11.2 Å². The lowest BCUT2D eigenvalue weighted by Gasteiger charge is -2.34. The Balaban J connectivity index is 1.73. The van der Waals surface area contributed by atoms with Gasteiger partial charge in [0, 0.05) is 12.1 Å². The van der Waals surface area contributed by atoms with Crippen molar-refractivity contribution < 1.29 is 35.5 Å². The number of ether oxygens (including phenoxy) is 1. The lowest BCUT2D eigenvalue weighted by molar-refractivity contribution is -0.141. The number of hydrogen-bond acceptors (Lipinski definition) is 5. The molecule has 12 heteroatoms. The second kappa shape index (κ2) is 10.8. The molecule has 1 aromatic carbocycles. The molecule has 1 aliphatic rings. The third-order valence-corrected chi connectivity index (χ3v) is 7.02. The topological polar surface area (TPSA) is 97.4 Å². The summed E-state index contributed by atoms with van der Waals surface area (Å²) in [6.45, 7) is 5.66. The minimum Gasteiger partial charge on any atom is -0.474 e. The molecule has 37 heavy (non-hydrogen) atoms. The molecule has 2 aromatic rings. The monoisotopic (exact) mass is 545 g/mol. The lowest BCUT2D eigenvalue weighted by Crippen LogP contribution is -2.30. The minimum atomic E-state index is -4.65. The Bertz CT molecular complexity index is 1240. The first kappa shape index (κ1) is 28.7. The molecule has 7 nitrogen and oxygen atoms in total. The number of halogens is 4. The van der Waals surface area contributed by atoms with Gasteiger partial charge in [0.2, 0.25) is 21.8 Å². The molecule has 1 atom stereocenters. The van der Waals surface area contributed by atoms with Gasteiger partial charge in [0.05, 0.1) is 17.9 Å². The summed E-state index contributed by atoms with van der Waals surface area (Å²) in [4.78, 5) is 16.5. The van der Waals surface area contributed by atoms with Gasteiger partial charge >= 0.3 is 6.18 Å². The Morgan fingerprint density at radius 1 is 1.19 bits per heavy atom. The normalized spacial score (nSPS) is 17.2. The molecular weight excluding hydrogens is 514 g/mol. The maximum Gasteiger partial charge on any atom is 0.433 e. The van der Waals surface area contributed by atoms with Gasteiger partial charge in [0.1, 0.15) is 17.6 Å². The number of rotatable bonds is 8. The third kappa shape index (κ3) is 8.05. The van der Waals surface area contributed by atoms with Crippen LogP contribution in [0.1, 0.15) is 69.2 Å². The summed E-state index contributed by atoms with van der Waals surface area (Å²) in [5.74, 6) is -2.35. The minimum absolute atomic E-state index is 0.141. The fourth-order valence-corrected chi connectivity index (χ4v) is 4.65. The van der Waals surface area contributed by atoms with Crippen LogP contribution in [-0.2, 0) is 27.5 Å². The van der Waals surface area contributed by atoms with Crippen LogP contribution in [0.15, 0.2) is 30.3 Å². The van der Waals surface area contributed by atoms with E-state index >= 15 is 0 Å². The number of sulfonamides is 1. The first-order valence-electron chi connectivity index (χ1n) is 11.8. The van der Waals surface area contributed by atoms with Gasteiger partial charge < -0.3 is 10.1 Å². The van der Waals surface area contributed by atoms with Gasteiger partial charge in [-0.05, 0) is 67.9 Å². The second-order valence-corrected chi connectivity index (χ2v) is 11.9. The van der Waals surface area contributed by atoms with Gasteiger partial charge in [-0.1, -0.05) is 19.9 Å². The molecular formula is C25H31F4N3O4S. The summed E-state index contributed by atoms with van der Waals surface area (Å²) in [5.41, 5.74) is -0.604. The molecule has 1 saturated carbocycles. The SMILES string of the molecule is CC(C(=O)NCc1ccc(C(F)(F)F)nc1OC1CCC(C)(C)CC1)c1ccc(NS(C)(=O)=O)c(F)c1.